The first-order valence-electron chi connectivity index (χ1n) is 4.07. The Morgan fingerprint density at radius 1 is 1.21 bits per heavy atom. The summed E-state index contributed by atoms with van der Waals surface area (Å²) < 4.78 is 2.39. The topological polar surface area (TPSA) is 34.9 Å². The summed E-state index contributed by atoms with van der Waals surface area (Å²) >= 11 is 3.29. The number of halogens is 1. The Morgan fingerprint density at radius 3 is 2.71 bits per heavy atom. The molecule has 70 valence electrons. The van der Waals surface area contributed by atoms with Crippen LogP contribution in [-0.4, -0.2) is 9.55 Å². The van der Waals surface area contributed by atoms with Crippen LogP contribution in [0.5, 0.6) is 0 Å². The molecule has 0 fully saturated rings. The van der Waals surface area contributed by atoms with E-state index in [1.807, 2.05) is 6.07 Å². The molecule has 0 aliphatic rings. The van der Waals surface area contributed by atoms with Crippen molar-refractivity contribution in [2.45, 2.75) is 0 Å². The molecule has 2 aromatic rings. The molecule has 2 rings (SSSR count). The van der Waals surface area contributed by atoms with Gasteiger partial charge in [0.25, 0.3) is 5.56 Å². The van der Waals surface area contributed by atoms with Crippen LogP contribution in [0.4, 0.5) is 0 Å². The smallest absolute Gasteiger partial charge is 0.256 e. The van der Waals surface area contributed by atoms with Crippen LogP contribution in [0.2, 0.25) is 0 Å². The van der Waals surface area contributed by atoms with E-state index in [0.717, 1.165) is 4.47 Å². The molecule has 0 amide bonds. The highest BCUT2D eigenvalue weighted by atomic mass is 79.9. The van der Waals surface area contributed by atoms with E-state index in [4.69, 9.17) is 0 Å². The summed E-state index contributed by atoms with van der Waals surface area (Å²) in [5, 5.41) is 0. The van der Waals surface area contributed by atoms with Crippen molar-refractivity contribution in [1.29, 1.82) is 0 Å². The Morgan fingerprint density at radius 2 is 2.07 bits per heavy atom. The first-order chi connectivity index (χ1) is 6.77. The summed E-state index contributed by atoms with van der Waals surface area (Å²) in [7, 11) is 0. The van der Waals surface area contributed by atoms with Crippen molar-refractivity contribution in [3.8, 4) is 5.82 Å². The molecule has 0 aromatic carbocycles. The lowest BCUT2D eigenvalue weighted by Gasteiger charge is -2.02. The summed E-state index contributed by atoms with van der Waals surface area (Å²) in [5.41, 5.74) is -0.0812. The predicted molar refractivity (Wildman–Crippen MR) is 57.5 cm³/mol. The van der Waals surface area contributed by atoms with Crippen LogP contribution in [0, 0.1) is 0 Å². The van der Waals surface area contributed by atoms with Crippen LogP contribution in [0.1, 0.15) is 0 Å². The number of pyridine rings is 2. The Kier molecular flexibility index (Phi) is 2.45. The second kappa shape index (κ2) is 3.75. The van der Waals surface area contributed by atoms with Gasteiger partial charge >= 0.3 is 0 Å². The molecule has 0 aliphatic carbocycles. The first-order valence-corrected chi connectivity index (χ1v) is 4.86. The van der Waals surface area contributed by atoms with E-state index in [2.05, 4.69) is 20.9 Å². The molecule has 0 bridgehead atoms. The van der Waals surface area contributed by atoms with Gasteiger partial charge in [0.05, 0.1) is 0 Å². The maximum absolute atomic E-state index is 11.4. The van der Waals surface area contributed by atoms with Gasteiger partial charge in [-0.2, -0.15) is 0 Å². The summed E-state index contributed by atoms with van der Waals surface area (Å²) in [6.07, 6.45) is 3.35. The maximum Gasteiger partial charge on any atom is 0.256 e. The molecule has 0 atom stereocenters. The van der Waals surface area contributed by atoms with Gasteiger partial charge in [0, 0.05) is 22.9 Å². The van der Waals surface area contributed by atoms with E-state index < -0.39 is 0 Å². The molecule has 3 nitrogen and oxygen atoms in total. The zero-order chi connectivity index (χ0) is 9.97. The van der Waals surface area contributed by atoms with Crippen LogP contribution in [-0.2, 0) is 0 Å². The zero-order valence-corrected chi connectivity index (χ0v) is 8.81. The van der Waals surface area contributed by atoms with Crippen molar-refractivity contribution in [2.24, 2.45) is 0 Å². The van der Waals surface area contributed by atoms with Gasteiger partial charge in [-0.15, -0.1) is 0 Å². The Labute approximate surface area is 89.2 Å². The van der Waals surface area contributed by atoms with Gasteiger partial charge in [-0.1, -0.05) is 6.07 Å². The van der Waals surface area contributed by atoms with E-state index in [-0.39, 0.29) is 5.56 Å². The molecule has 2 aromatic heterocycles. The fourth-order valence-corrected chi connectivity index (χ4v) is 1.36. The van der Waals surface area contributed by atoms with Crippen LogP contribution in [0.25, 0.3) is 5.82 Å². The molecule has 0 N–H and O–H groups in total. The molecule has 0 spiro atoms. The quantitative estimate of drug-likeness (QED) is 0.776. The molecule has 0 unspecified atom stereocenters. The summed E-state index contributed by atoms with van der Waals surface area (Å²) in [4.78, 5) is 15.5. The maximum atomic E-state index is 11.4. The van der Waals surface area contributed by atoms with E-state index in [0.29, 0.717) is 5.82 Å². The fraction of sp³-hybridized carbons (Fsp3) is 0. The van der Waals surface area contributed by atoms with E-state index in [9.17, 15) is 4.79 Å². The molecule has 0 saturated heterocycles. The number of hydrogen-bond acceptors (Lipinski definition) is 2. The molecule has 4 heteroatoms. The van der Waals surface area contributed by atoms with Gasteiger partial charge in [-0.3, -0.25) is 9.36 Å². The standard InChI is InChI=1S/C10H7BrN2O/c11-8-4-5-9(12-7-8)13-6-2-1-3-10(13)14/h1-7H. The third-order valence-electron chi connectivity index (χ3n) is 1.78. The van der Waals surface area contributed by atoms with Gasteiger partial charge < -0.3 is 0 Å². The van der Waals surface area contributed by atoms with Crippen LogP contribution >= 0.6 is 15.9 Å². The highest BCUT2D eigenvalue weighted by molar-refractivity contribution is 9.10. The lowest BCUT2D eigenvalue weighted by atomic mass is 10.4. The van der Waals surface area contributed by atoms with Gasteiger partial charge in [-0.25, -0.2) is 4.98 Å². The van der Waals surface area contributed by atoms with E-state index in [1.165, 1.54) is 10.6 Å². The molecule has 0 aliphatic heterocycles. The van der Waals surface area contributed by atoms with Crippen molar-refractivity contribution < 1.29 is 0 Å². The highest BCUT2D eigenvalue weighted by Crippen LogP contribution is 2.08. The average molecular weight is 251 g/mol. The Hall–Kier alpha value is -1.42. The highest BCUT2D eigenvalue weighted by Gasteiger charge is 1.98. The predicted octanol–water partition coefficient (Wildman–Crippen LogP) is 1.99. The van der Waals surface area contributed by atoms with Crippen molar-refractivity contribution >= 4 is 15.9 Å². The van der Waals surface area contributed by atoms with Crippen molar-refractivity contribution in [3.63, 3.8) is 0 Å². The van der Waals surface area contributed by atoms with Crippen LogP contribution in [0.15, 0.2) is 52.0 Å². The Bertz CT molecular complexity index is 490. The molecule has 0 radical (unpaired) electrons. The third kappa shape index (κ3) is 1.75. The van der Waals surface area contributed by atoms with E-state index >= 15 is 0 Å². The summed E-state index contributed by atoms with van der Waals surface area (Å²) in [6.45, 7) is 0. The molecular weight excluding hydrogens is 244 g/mol. The molecule has 2 heterocycles. The minimum atomic E-state index is -0.0812. The Balaban J connectivity index is 2.56. The van der Waals surface area contributed by atoms with Gasteiger partial charge in [-0.05, 0) is 34.1 Å². The van der Waals surface area contributed by atoms with Crippen molar-refractivity contribution in [3.05, 3.63) is 57.6 Å². The molecule has 14 heavy (non-hydrogen) atoms. The fourth-order valence-electron chi connectivity index (χ4n) is 1.13. The van der Waals surface area contributed by atoms with Crippen LogP contribution in [0.3, 0.4) is 0 Å². The largest absolute Gasteiger partial charge is 0.269 e. The van der Waals surface area contributed by atoms with Gasteiger partial charge in [0.1, 0.15) is 5.82 Å². The minimum Gasteiger partial charge on any atom is -0.269 e. The summed E-state index contributed by atoms with van der Waals surface area (Å²) in [5.74, 6) is 0.624. The van der Waals surface area contributed by atoms with Crippen molar-refractivity contribution in [2.75, 3.05) is 0 Å². The van der Waals surface area contributed by atoms with Gasteiger partial charge in [0.2, 0.25) is 0 Å². The monoisotopic (exact) mass is 250 g/mol. The molecular formula is C10H7BrN2O. The van der Waals surface area contributed by atoms with E-state index in [1.54, 1.807) is 30.6 Å². The lowest BCUT2D eigenvalue weighted by Crippen LogP contribution is -2.16. The second-order valence-corrected chi connectivity index (χ2v) is 3.66. The molecule has 0 saturated carbocycles. The number of nitrogens with zero attached hydrogens (tertiary/aromatic N) is 2. The first kappa shape index (κ1) is 9.15. The SMILES string of the molecule is O=c1ccccn1-c1ccc(Br)cn1. The van der Waals surface area contributed by atoms with Crippen molar-refractivity contribution in [1.82, 2.24) is 9.55 Å². The third-order valence-corrected chi connectivity index (χ3v) is 2.25. The summed E-state index contributed by atoms with van der Waals surface area (Å²) in [6, 6.07) is 8.64. The van der Waals surface area contributed by atoms with Gasteiger partial charge in [0.15, 0.2) is 0 Å². The number of hydrogen-bond donors (Lipinski definition) is 0. The average Bonchev–Trinajstić information content (AvgIpc) is 2.20. The van der Waals surface area contributed by atoms with Crippen LogP contribution < -0.4 is 5.56 Å². The number of aromatic nitrogens is 2. The normalized spacial score (nSPS) is 10.1. The number of rotatable bonds is 1. The zero-order valence-electron chi connectivity index (χ0n) is 7.22. The minimum absolute atomic E-state index is 0.0812. The second-order valence-electron chi connectivity index (χ2n) is 2.74. The lowest BCUT2D eigenvalue weighted by molar-refractivity contribution is 0.939.